The summed E-state index contributed by atoms with van der Waals surface area (Å²) in [6, 6.07) is 0. The summed E-state index contributed by atoms with van der Waals surface area (Å²) in [5.41, 5.74) is 0. The van der Waals surface area contributed by atoms with Gasteiger partial charge in [0.2, 0.25) is 0 Å². The molecule has 0 atom stereocenters. The van der Waals surface area contributed by atoms with E-state index in [9.17, 15) is 0 Å². The maximum absolute atomic E-state index is 2.45. The first-order valence-electron chi connectivity index (χ1n) is 13.7. The lowest BCUT2D eigenvalue weighted by atomic mass is 10.1. The summed E-state index contributed by atoms with van der Waals surface area (Å²) < 4.78 is 1.16. The molecule has 0 unspecified atom stereocenters. The topological polar surface area (TPSA) is 0 Å². The Hall–Kier alpha value is -0.300. The van der Waals surface area contributed by atoms with E-state index in [4.69, 9.17) is 0 Å². The van der Waals surface area contributed by atoms with Crippen LogP contribution in [0.3, 0.4) is 0 Å². The highest BCUT2D eigenvalue weighted by atomic mass is 15.3. The summed E-state index contributed by atoms with van der Waals surface area (Å²) in [6.45, 7) is 9.46. The molecular formula is C28H58N+. The fraction of sp³-hybridized carbons (Fsp3) is 0.929. The lowest BCUT2D eigenvalue weighted by molar-refractivity contribution is -0.860. The highest BCUT2D eigenvalue weighted by Crippen LogP contribution is 2.16. The van der Waals surface area contributed by atoms with Gasteiger partial charge in [0.15, 0.2) is 0 Å². The van der Waals surface area contributed by atoms with Crippen LogP contribution in [0.4, 0.5) is 0 Å². The SMILES string of the molecule is CC=C[N+](C)(CCCCCCCCCCCC)CCCCCCCCCCCC. The number of nitrogens with zero attached hydrogens (tertiary/aromatic N) is 1. The number of hydrogen-bond donors (Lipinski definition) is 0. The molecule has 0 aromatic carbocycles. The minimum absolute atomic E-state index is 1.16. The van der Waals surface area contributed by atoms with Gasteiger partial charge in [0.05, 0.1) is 26.3 Å². The summed E-state index contributed by atoms with van der Waals surface area (Å²) >= 11 is 0. The molecular weight excluding hydrogens is 350 g/mol. The van der Waals surface area contributed by atoms with Crippen LogP contribution < -0.4 is 0 Å². The van der Waals surface area contributed by atoms with E-state index < -0.39 is 0 Å². The third kappa shape index (κ3) is 20.7. The largest absolute Gasteiger partial charge is 0.300 e. The highest BCUT2D eigenvalue weighted by Gasteiger charge is 2.17. The Balaban J connectivity index is 3.63. The zero-order valence-corrected chi connectivity index (χ0v) is 21.2. The van der Waals surface area contributed by atoms with Crippen LogP contribution in [-0.4, -0.2) is 24.6 Å². The minimum Gasteiger partial charge on any atom is -0.300 e. The van der Waals surface area contributed by atoms with Gasteiger partial charge in [0, 0.05) is 0 Å². The number of rotatable bonds is 23. The van der Waals surface area contributed by atoms with E-state index >= 15 is 0 Å². The summed E-state index contributed by atoms with van der Waals surface area (Å²) in [5, 5.41) is 0. The van der Waals surface area contributed by atoms with Crippen molar-refractivity contribution in [2.75, 3.05) is 20.1 Å². The predicted octanol–water partition coefficient (Wildman–Crippen LogP) is 9.81. The Morgan fingerprint density at radius 3 is 1.00 bits per heavy atom. The standard InChI is InChI=1S/C28H58N/c1-5-8-10-12-14-16-18-20-22-24-27-29(4,26-7-3)28-25-23-21-19-17-15-13-11-9-6-2/h7,26H,5-6,8-25,27-28H2,1-4H3/q+1. The van der Waals surface area contributed by atoms with Crippen LogP contribution in [0.25, 0.3) is 0 Å². The average molecular weight is 409 g/mol. The van der Waals surface area contributed by atoms with Gasteiger partial charge in [-0.05, 0) is 38.7 Å². The maximum atomic E-state index is 2.45. The molecule has 0 aromatic heterocycles. The van der Waals surface area contributed by atoms with Gasteiger partial charge in [0.25, 0.3) is 0 Å². The molecule has 0 aliphatic rings. The number of hydrogen-bond acceptors (Lipinski definition) is 0. The number of allylic oxidation sites excluding steroid dienone is 1. The first-order valence-corrected chi connectivity index (χ1v) is 13.7. The van der Waals surface area contributed by atoms with Gasteiger partial charge >= 0.3 is 0 Å². The van der Waals surface area contributed by atoms with Crippen LogP contribution in [-0.2, 0) is 0 Å². The van der Waals surface area contributed by atoms with Crippen LogP contribution in [0.2, 0.25) is 0 Å². The molecule has 0 saturated heterocycles. The Morgan fingerprint density at radius 2 is 0.724 bits per heavy atom. The molecule has 0 saturated carbocycles. The summed E-state index contributed by atoms with van der Waals surface area (Å²) in [5.74, 6) is 0. The van der Waals surface area contributed by atoms with Crippen LogP contribution >= 0.6 is 0 Å². The zero-order chi connectivity index (χ0) is 21.5. The third-order valence-electron chi connectivity index (χ3n) is 6.55. The Morgan fingerprint density at radius 1 is 0.448 bits per heavy atom. The van der Waals surface area contributed by atoms with Crippen LogP contribution in [0.15, 0.2) is 12.3 Å². The molecule has 0 radical (unpaired) electrons. The summed E-state index contributed by atoms with van der Waals surface area (Å²) in [6.07, 6.45) is 33.4. The normalized spacial score (nSPS) is 12.3. The number of quaternary nitrogens is 1. The molecule has 0 rings (SSSR count). The maximum Gasteiger partial charge on any atom is 0.0913 e. The summed E-state index contributed by atoms with van der Waals surface area (Å²) in [4.78, 5) is 0. The molecule has 0 amide bonds. The van der Waals surface area contributed by atoms with E-state index in [1.807, 2.05) is 0 Å². The lowest BCUT2D eigenvalue weighted by Gasteiger charge is -2.30. The molecule has 1 heteroatoms. The van der Waals surface area contributed by atoms with E-state index in [1.165, 1.54) is 142 Å². The molecule has 1 nitrogen and oxygen atoms in total. The van der Waals surface area contributed by atoms with Crippen molar-refractivity contribution in [1.29, 1.82) is 0 Å². The van der Waals surface area contributed by atoms with E-state index in [2.05, 4.69) is 40.1 Å². The first kappa shape index (κ1) is 28.7. The minimum atomic E-state index is 1.16. The van der Waals surface area contributed by atoms with Crippen LogP contribution in [0.1, 0.15) is 149 Å². The molecule has 0 aliphatic carbocycles. The van der Waals surface area contributed by atoms with Crippen LogP contribution in [0, 0.1) is 0 Å². The van der Waals surface area contributed by atoms with E-state index in [0.29, 0.717) is 0 Å². The molecule has 0 aromatic rings. The van der Waals surface area contributed by atoms with Gasteiger partial charge in [-0.3, -0.25) is 4.48 Å². The third-order valence-corrected chi connectivity index (χ3v) is 6.55. The Bertz CT molecular complexity index is 309. The van der Waals surface area contributed by atoms with E-state index in [1.54, 1.807) is 0 Å². The fourth-order valence-corrected chi connectivity index (χ4v) is 4.54. The van der Waals surface area contributed by atoms with Crippen molar-refractivity contribution in [3.8, 4) is 0 Å². The van der Waals surface area contributed by atoms with Crippen molar-refractivity contribution in [3.05, 3.63) is 12.3 Å². The Kier molecular flexibility index (Phi) is 22.2. The fourth-order valence-electron chi connectivity index (χ4n) is 4.54. The van der Waals surface area contributed by atoms with E-state index in [-0.39, 0.29) is 0 Å². The van der Waals surface area contributed by atoms with Gasteiger partial charge in [-0.15, -0.1) is 0 Å². The van der Waals surface area contributed by atoms with Crippen molar-refractivity contribution in [1.82, 2.24) is 0 Å². The van der Waals surface area contributed by atoms with Crippen molar-refractivity contribution < 1.29 is 4.48 Å². The van der Waals surface area contributed by atoms with Crippen LogP contribution in [0.5, 0.6) is 0 Å². The summed E-state index contributed by atoms with van der Waals surface area (Å²) in [7, 11) is 2.45. The van der Waals surface area contributed by atoms with Crippen molar-refractivity contribution >= 4 is 0 Å². The molecule has 174 valence electrons. The average Bonchev–Trinajstić information content (AvgIpc) is 2.71. The van der Waals surface area contributed by atoms with Crippen molar-refractivity contribution in [3.63, 3.8) is 0 Å². The first-order chi connectivity index (χ1) is 14.2. The van der Waals surface area contributed by atoms with Gasteiger partial charge in [-0.1, -0.05) is 117 Å². The quantitative estimate of drug-likeness (QED) is 0.116. The highest BCUT2D eigenvalue weighted by molar-refractivity contribution is 4.68. The second-order valence-electron chi connectivity index (χ2n) is 9.77. The molecule has 0 bridgehead atoms. The van der Waals surface area contributed by atoms with Gasteiger partial charge in [-0.25, -0.2) is 0 Å². The van der Waals surface area contributed by atoms with Gasteiger partial charge < -0.3 is 0 Å². The molecule has 0 spiro atoms. The van der Waals surface area contributed by atoms with E-state index in [0.717, 1.165) is 4.48 Å². The second-order valence-corrected chi connectivity index (χ2v) is 9.77. The second kappa shape index (κ2) is 22.4. The van der Waals surface area contributed by atoms with Gasteiger partial charge in [-0.2, -0.15) is 0 Å². The molecule has 0 fully saturated rings. The molecule has 0 aliphatic heterocycles. The monoisotopic (exact) mass is 408 g/mol. The Labute approximate surface area is 186 Å². The molecule has 0 heterocycles. The van der Waals surface area contributed by atoms with Crippen molar-refractivity contribution in [2.24, 2.45) is 0 Å². The predicted molar refractivity (Wildman–Crippen MR) is 134 cm³/mol. The lowest BCUT2D eigenvalue weighted by Crippen LogP contribution is -2.40. The van der Waals surface area contributed by atoms with Gasteiger partial charge in [0.1, 0.15) is 0 Å². The zero-order valence-electron chi connectivity index (χ0n) is 21.2. The number of unbranched alkanes of at least 4 members (excludes halogenated alkanes) is 18. The smallest absolute Gasteiger partial charge is 0.0913 e. The van der Waals surface area contributed by atoms with Crippen molar-refractivity contribution in [2.45, 2.75) is 149 Å². The molecule has 0 N–H and O–H groups in total. The molecule has 29 heavy (non-hydrogen) atoms.